The number of aromatic nitrogens is 2. The molecule has 0 aliphatic carbocycles. The van der Waals surface area contributed by atoms with E-state index in [2.05, 4.69) is 10.1 Å². The normalized spacial score (nSPS) is 10.8. The molecular formula is C14H13N3O2S2. The molecule has 21 heavy (non-hydrogen) atoms. The number of carbonyl (C=O) groups excluding carboxylic acids is 1. The predicted molar refractivity (Wildman–Crippen MR) is 82.5 cm³/mol. The topological polar surface area (TPSA) is 59.2 Å². The molecule has 5 nitrogen and oxygen atoms in total. The Morgan fingerprint density at radius 2 is 2.29 bits per heavy atom. The number of hydrogen-bond acceptors (Lipinski definition) is 6. The van der Waals surface area contributed by atoms with E-state index < -0.39 is 0 Å². The summed E-state index contributed by atoms with van der Waals surface area (Å²) in [6.07, 6.45) is 0. The van der Waals surface area contributed by atoms with Gasteiger partial charge in [0, 0.05) is 29.4 Å². The highest BCUT2D eigenvalue weighted by Gasteiger charge is 2.17. The lowest BCUT2D eigenvalue weighted by molar-refractivity contribution is 0.0777. The van der Waals surface area contributed by atoms with Gasteiger partial charge < -0.3 is 9.42 Å². The van der Waals surface area contributed by atoms with E-state index in [1.807, 2.05) is 29.8 Å². The first-order valence-electron chi connectivity index (χ1n) is 6.29. The van der Waals surface area contributed by atoms with Crippen LogP contribution in [0.1, 0.15) is 21.9 Å². The zero-order valence-corrected chi connectivity index (χ0v) is 13.2. The van der Waals surface area contributed by atoms with E-state index in [-0.39, 0.29) is 5.91 Å². The highest BCUT2D eigenvalue weighted by Crippen LogP contribution is 2.26. The lowest BCUT2D eigenvalue weighted by atomic mass is 10.3. The van der Waals surface area contributed by atoms with Gasteiger partial charge in [-0.3, -0.25) is 4.79 Å². The van der Waals surface area contributed by atoms with E-state index in [9.17, 15) is 4.79 Å². The molecule has 3 rings (SSSR count). The van der Waals surface area contributed by atoms with Crippen LogP contribution in [0.4, 0.5) is 0 Å². The van der Waals surface area contributed by atoms with Crippen LogP contribution in [0.15, 0.2) is 32.8 Å². The molecule has 0 unspecified atom stereocenters. The summed E-state index contributed by atoms with van der Waals surface area (Å²) in [6, 6.07) is 3.82. The number of rotatable bonds is 4. The van der Waals surface area contributed by atoms with Crippen molar-refractivity contribution in [2.45, 2.75) is 13.5 Å². The number of carbonyl (C=O) groups is 1. The molecule has 0 spiro atoms. The van der Waals surface area contributed by atoms with Crippen molar-refractivity contribution in [1.82, 2.24) is 15.0 Å². The lowest BCUT2D eigenvalue weighted by Gasteiger charge is -2.13. The summed E-state index contributed by atoms with van der Waals surface area (Å²) in [5.74, 6) is 0.618. The third-order valence-electron chi connectivity index (χ3n) is 2.91. The minimum Gasteiger partial charge on any atom is -0.361 e. The molecule has 3 heterocycles. The van der Waals surface area contributed by atoms with Crippen molar-refractivity contribution in [1.29, 1.82) is 0 Å². The maximum atomic E-state index is 12.4. The van der Waals surface area contributed by atoms with Crippen LogP contribution in [0.2, 0.25) is 0 Å². The third-order valence-corrected chi connectivity index (χ3v) is 4.49. The van der Waals surface area contributed by atoms with Crippen LogP contribution in [-0.2, 0) is 6.54 Å². The van der Waals surface area contributed by atoms with Crippen molar-refractivity contribution in [2.75, 3.05) is 7.05 Å². The molecule has 3 aromatic rings. The molecule has 0 saturated heterocycles. The fourth-order valence-corrected chi connectivity index (χ4v) is 3.40. The van der Waals surface area contributed by atoms with Crippen LogP contribution >= 0.6 is 22.7 Å². The molecule has 0 aliphatic rings. The van der Waals surface area contributed by atoms with Crippen molar-refractivity contribution in [3.8, 4) is 10.6 Å². The second-order valence-corrected chi connectivity index (χ2v) is 6.28. The van der Waals surface area contributed by atoms with Gasteiger partial charge in [-0.25, -0.2) is 4.98 Å². The maximum absolute atomic E-state index is 12.4. The Hall–Kier alpha value is -1.99. The van der Waals surface area contributed by atoms with Crippen molar-refractivity contribution in [3.63, 3.8) is 0 Å². The Kier molecular flexibility index (Phi) is 3.85. The Bertz CT molecular complexity index is 746. The number of hydrogen-bond donors (Lipinski definition) is 0. The van der Waals surface area contributed by atoms with Crippen molar-refractivity contribution in [2.24, 2.45) is 0 Å². The Balaban J connectivity index is 1.72. The first kappa shape index (κ1) is 14.0. The van der Waals surface area contributed by atoms with Crippen LogP contribution in [0.3, 0.4) is 0 Å². The molecule has 1 amide bonds. The number of thiazole rings is 1. The average Bonchev–Trinajstić information content (AvgIpc) is 3.18. The molecule has 0 fully saturated rings. The summed E-state index contributed by atoms with van der Waals surface area (Å²) in [4.78, 5) is 18.4. The quantitative estimate of drug-likeness (QED) is 0.739. The van der Waals surface area contributed by atoms with Crippen LogP contribution in [0, 0.1) is 6.92 Å². The maximum Gasteiger partial charge on any atom is 0.273 e. The van der Waals surface area contributed by atoms with Crippen LogP contribution in [-0.4, -0.2) is 28.0 Å². The molecule has 0 aliphatic heterocycles. The van der Waals surface area contributed by atoms with E-state index in [1.165, 1.54) is 11.3 Å². The van der Waals surface area contributed by atoms with Crippen LogP contribution < -0.4 is 0 Å². The van der Waals surface area contributed by atoms with Gasteiger partial charge in [0.2, 0.25) is 0 Å². The predicted octanol–water partition coefficient (Wildman–Crippen LogP) is 3.44. The molecule has 0 saturated carbocycles. The van der Waals surface area contributed by atoms with Gasteiger partial charge in [0.1, 0.15) is 22.2 Å². The van der Waals surface area contributed by atoms with E-state index in [4.69, 9.17) is 4.52 Å². The molecular weight excluding hydrogens is 306 g/mol. The summed E-state index contributed by atoms with van der Waals surface area (Å²) >= 11 is 3.09. The van der Waals surface area contributed by atoms with Gasteiger partial charge in [0.05, 0.1) is 6.54 Å². The van der Waals surface area contributed by atoms with Crippen molar-refractivity contribution >= 4 is 28.6 Å². The summed E-state index contributed by atoms with van der Waals surface area (Å²) in [7, 11) is 1.73. The zero-order valence-electron chi connectivity index (χ0n) is 11.6. The summed E-state index contributed by atoms with van der Waals surface area (Å²) in [5.41, 5.74) is 2.25. The van der Waals surface area contributed by atoms with E-state index in [0.29, 0.717) is 12.2 Å². The number of thiophene rings is 1. The zero-order chi connectivity index (χ0) is 14.8. The summed E-state index contributed by atoms with van der Waals surface area (Å²) in [5, 5.41) is 10.6. The number of amides is 1. The molecule has 0 N–H and O–H groups in total. The minimum absolute atomic E-state index is 0.117. The van der Waals surface area contributed by atoms with E-state index >= 15 is 0 Å². The van der Waals surface area contributed by atoms with Gasteiger partial charge >= 0.3 is 0 Å². The standard InChI is InChI=1S/C14H13N3O2S2/c1-9-5-11(16-19-9)6-17(2)14(18)12-8-21-13(15-12)10-3-4-20-7-10/h3-5,7-8H,6H2,1-2H3. The molecule has 3 aromatic heterocycles. The molecule has 0 radical (unpaired) electrons. The van der Waals surface area contributed by atoms with Gasteiger partial charge in [-0.15, -0.1) is 11.3 Å². The van der Waals surface area contributed by atoms with Crippen LogP contribution in [0.25, 0.3) is 10.6 Å². The molecule has 0 bridgehead atoms. The summed E-state index contributed by atoms with van der Waals surface area (Å²) in [6.45, 7) is 2.23. The second kappa shape index (κ2) is 5.79. The Morgan fingerprint density at radius 1 is 1.43 bits per heavy atom. The first-order chi connectivity index (χ1) is 10.1. The van der Waals surface area contributed by atoms with Gasteiger partial charge in [-0.05, 0) is 18.4 Å². The van der Waals surface area contributed by atoms with E-state index in [0.717, 1.165) is 22.0 Å². The third kappa shape index (κ3) is 3.03. The van der Waals surface area contributed by atoms with E-state index in [1.54, 1.807) is 28.7 Å². The monoisotopic (exact) mass is 319 g/mol. The van der Waals surface area contributed by atoms with Crippen LogP contribution in [0.5, 0.6) is 0 Å². The van der Waals surface area contributed by atoms with Crippen molar-refractivity contribution in [3.05, 3.63) is 45.4 Å². The fraction of sp³-hybridized carbons (Fsp3) is 0.214. The summed E-state index contributed by atoms with van der Waals surface area (Å²) < 4.78 is 5.00. The Morgan fingerprint density at radius 3 is 2.95 bits per heavy atom. The smallest absolute Gasteiger partial charge is 0.273 e. The van der Waals surface area contributed by atoms with Gasteiger partial charge in [0.15, 0.2) is 0 Å². The Labute approximate surface area is 129 Å². The SMILES string of the molecule is Cc1cc(CN(C)C(=O)c2csc(-c3ccsc3)n2)no1. The average molecular weight is 319 g/mol. The van der Waals surface area contributed by atoms with Gasteiger partial charge in [-0.1, -0.05) is 5.16 Å². The lowest BCUT2D eigenvalue weighted by Crippen LogP contribution is -2.26. The number of nitrogens with zero attached hydrogens (tertiary/aromatic N) is 3. The first-order valence-corrected chi connectivity index (χ1v) is 8.11. The highest BCUT2D eigenvalue weighted by atomic mass is 32.1. The molecule has 7 heteroatoms. The van der Waals surface area contributed by atoms with Gasteiger partial charge in [0.25, 0.3) is 5.91 Å². The molecule has 0 atom stereocenters. The second-order valence-electron chi connectivity index (χ2n) is 4.64. The molecule has 108 valence electrons. The molecule has 0 aromatic carbocycles. The highest BCUT2D eigenvalue weighted by molar-refractivity contribution is 7.14. The van der Waals surface area contributed by atoms with Gasteiger partial charge in [-0.2, -0.15) is 11.3 Å². The van der Waals surface area contributed by atoms with Crippen molar-refractivity contribution < 1.29 is 9.32 Å². The fourth-order valence-electron chi connectivity index (χ4n) is 1.89. The largest absolute Gasteiger partial charge is 0.361 e. The minimum atomic E-state index is -0.117. The number of aryl methyl sites for hydroxylation is 1.